The molecule has 0 radical (unpaired) electrons. The van der Waals surface area contributed by atoms with Crippen molar-refractivity contribution in [2.45, 2.75) is 24.9 Å². The van der Waals surface area contributed by atoms with Crippen LogP contribution in [-0.2, 0) is 4.74 Å². The maximum Gasteiger partial charge on any atom is 0.279 e. The van der Waals surface area contributed by atoms with E-state index >= 15 is 0 Å². The highest BCUT2D eigenvalue weighted by atomic mass is 32.1. The number of imidazole rings is 1. The van der Waals surface area contributed by atoms with Gasteiger partial charge in [-0.15, -0.1) is 0 Å². The van der Waals surface area contributed by atoms with E-state index in [2.05, 4.69) is 42.8 Å². The van der Waals surface area contributed by atoms with Gasteiger partial charge in [0, 0.05) is 25.7 Å². The lowest BCUT2D eigenvalue weighted by molar-refractivity contribution is -0.0690. The lowest BCUT2D eigenvalue weighted by Crippen LogP contribution is -2.59. The van der Waals surface area contributed by atoms with Crippen molar-refractivity contribution in [3.8, 4) is 11.4 Å². The fraction of sp³-hybridized carbons (Fsp3) is 0.500. The van der Waals surface area contributed by atoms with Crippen LogP contribution < -0.4 is 10.2 Å². The molecule has 0 amide bonds. The van der Waals surface area contributed by atoms with E-state index in [1.54, 1.807) is 12.5 Å². The number of H-pyrrole nitrogens is 1. The third-order valence-electron chi connectivity index (χ3n) is 5.19. The van der Waals surface area contributed by atoms with Crippen LogP contribution >= 0.6 is 12.6 Å². The summed E-state index contributed by atoms with van der Waals surface area (Å²) in [5, 5.41) is 10.6. The van der Waals surface area contributed by atoms with Gasteiger partial charge in [0.15, 0.2) is 0 Å². The second-order valence-corrected chi connectivity index (χ2v) is 7.27. The Morgan fingerprint density at radius 1 is 1.35 bits per heavy atom. The smallest absolute Gasteiger partial charge is 0.279 e. The van der Waals surface area contributed by atoms with Crippen LogP contribution in [0.25, 0.3) is 17.5 Å². The van der Waals surface area contributed by atoms with E-state index in [1.807, 2.05) is 6.07 Å². The number of thiol groups is 1. The topological polar surface area (TPSA) is 103 Å². The van der Waals surface area contributed by atoms with Gasteiger partial charge in [0.2, 0.25) is 0 Å². The lowest BCUT2D eigenvalue weighted by Gasteiger charge is -2.45. The number of halogens is 2. The van der Waals surface area contributed by atoms with Crippen molar-refractivity contribution in [2.24, 2.45) is 0 Å². The Bertz CT molecular complexity index is 894. The van der Waals surface area contributed by atoms with Gasteiger partial charge in [-0.1, -0.05) is 0 Å². The summed E-state index contributed by atoms with van der Waals surface area (Å²) in [6, 6.07) is 1.89. The molecule has 2 fully saturated rings. The quantitative estimate of drug-likeness (QED) is 0.412. The third-order valence-corrected chi connectivity index (χ3v) is 5.19. The van der Waals surface area contributed by atoms with E-state index in [4.69, 9.17) is 10.1 Å². The number of aromatic amines is 1. The standard InChI is InChI=1S/C19H23F2N7O.CH4S/c20-18(21)13(22)2-3-16-24-9-15(27-16)14-8-17(26-12-25-14)28-6-7-29-19(11-28)4-1-5-23-10-19;1-2/h2-3,8-9,12,18,22-23H,1,4-7,10-11H2,(H,24,27);2H,1H3/b3-2-,22-13?;. The molecule has 2 aromatic heterocycles. The van der Waals surface area contributed by atoms with Crippen molar-refractivity contribution >= 4 is 30.2 Å². The molecule has 0 aromatic carbocycles. The maximum absolute atomic E-state index is 12.4. The van der Waals surface area contributed by atoms with Gasteiger partial charge in [0.05, 0.1) is 35.5 Å². The number of ether oxygens (including phenoxy) is 1. The van der Waals surface area contributed by atoms with Gasteiger partial charge in [0.1, 0.15) is 18.0 Å². The molecule has 2 saturated heterocycles. The summed E-state index contributed by atoms with van der Waals surface area (Å²) in [4.78, 5) is 18.1. The second-order valence-electron chi connectivity index (χ2n) is 7.27. The number of morpholine rings is 1. The molecule has 0 bridgehead atoms. The minimum Gasteiger partial charge on any atom is -0.370 e. The zero-order valence-corrected chi connectivity index (χ0v) is 18.2. The molecule has 1 spiro atoms. The third kappa shape index (κ3) is 5.86. The predicted octanol–water partition coefficient (Wildman–Crippen LogP) is 2.67. The van der Waals surface area contributed by atoms with Crippen molar-refractivity contribution in [2.75, 3.05) is 43.9 Å². The molecule has 2 aliphatic rings. The molecule has 2 aliphatic heterocycles. The number of hydrogen-bond acceptors (Lipinski definition) is 8. The number of rotatable bonds is 5. The average molecular weight is 452 g/mol. The van der Waals surface area contributed by atoms with Crippen LogP contribution in [0.3, 0.4) is 0 Å². The molecular formula is C20H27F2N7OS. The van der Waals surface area contributed by atoms with Crippen LogP contribution in [0.4, 0.5) is 14.6 Å². The summed E-state index contributed by atoms with van der Waals surface area (Å²) in [6.45, 7) is 4.03. The molecule has 1 atom stereocenters. The molecule has 0 aliphatic carbocycles. The first-order valence-corrected chi connectivity index (χ1v) is 10.9. The number of allylic oxidation sites excluding steroid dienone is 1. The van der Waals surface area contributed by atoms with Crippen LogP contribution in [0, 0.1) is 5.41 Å². The van der Waals surface area contributed by atoms with Gasteiger partial charge < -0.3 is 19.9 Å². The van der Waals surface area contributed by atoms with Crippen molar-refractivity contribution in [1.29, 1.82) is 5.41 Å². The summed E-state index contributed by atoms with van der Waals surface area (Å²) in [5.41, 5.74) is 0.376. The van der Waals surface area contributed by atoms with E-state index < -0.39 is 12.1 Å². The minimum atomic E-state index is -2.80. The molecule has 4 heterocycles. The molecule has 168 valence electrons. The Balaban J connectivity index is 0.00000132. The SMILES string of the molecule is CS.N=C(/C=C\c1ncc(-c2cc(N3CCOC4(CCCNC4)C3)ncn2)[nH]1)C(F)F. The lowest BCUT2D eigenvalue weighted by atomic mass is 9.92. The minimum absolute atomic E-state index is 0.178. The first kappa shape index (κ1) is 23.3. The predicted molar refractivity (Wildman–Crippen MR) is 120 cm³/mol. The Labute approximate surface area is 185 Å². The second kappa shape index (κ2) is 10.8. The molecule has 11 heteroatoms. The number of piperidine rings is 1. The summed E-state index contributed by atoms with van der Waals surface area (Å²) >= 11 is 3.53. The Hall–Kier alpha value is -2.37. The number of aromatic nitrogens is 4. The van der Waals surface area contributed by atoms with Crippen LogP contribution in [0.15, 0.2) is 24.7 Å². The fourth-order valence-electron chi connectivity index (χ4n) is 3.70. The van der Waals surface area contributed by atoms with Crippen LogP contribution in [0.2, 0.25) is 0 Å². The number of anilines is 1. The van der Waals surface area contributed by atoms with E-state index in [0.717, 1.165) is 50.9 Å². The zero-order chi connectivity index (χ0) is 22.3. The Morgan fingerprint density at radius 2 is 2.19 bits per heavy atom. The first-order chi connectivity index (χ1) is 15.0. The van der Waals surface area contributed by atoms with Gasteiger partial charge >= 0.3 is 0 Å². The van der Waals surface area contributed by atoms with Gasteiger partial charge in [-0.05, 0) is 37.8 Å². The van der Waals surface area contributed by atoms with Gasteiger partial charge in [0.25, 0.3) is 6.43 Å². The van der Waals surface area contributed by atoms with Crippen LogP contribution in [0.1, 0.15) is 18.7 Å². The summed E-state index contributed by atoms with van der Waals surface area (Å²) < 4.78 is 30.9. The molecule has 31 heavy (non-hydrogen) atoms. The number of alkyl halides is 2. The number of nitrogens with one attached hydrogen (secondary N) is 3. The molecule has 0 saturated carbocycles. The van der Waals surface area contributed by atoms with E-state index in [-0.39, 0.29) is 5.60 Å². The highest BCUT2D eigenvalue weighted by Crippen LogP contribution is 2.29. The fourth-order valence-corrected chi connectivity index (χ4v) is 3.70. The van der Waals surface area contributed by atoms with Crippen molar-refractivity contribution in [3.63, 3.8) is 0 Å². The first-order valence-electron chi connectivity index (χ1n) is 10.0. The normalized spacial score (nSPS) is 21.4. The van der Waals surface area contributed by atoms with Crippen molar-refractivity contribution in [3.05, 3.63) is 30.5 Å². The van der Waals surface area contributed by atoms with Crippen LogP contribution in [-0.4, -0.2) is 76.7 Å². The van der Waals surface area contributed by atoms with E-state index in [9.17, 15) is 8.78 Å². The molecule has 3 N–H and O–H groups in total. The Kier molecular flexibility index (Phi) is 8.10. The Morgan fingerprint density at radius 3 is 2.94 bits per heavy atom. The summed E-state index contributed by atoms with van der Waals surface area (Å²) in [5.74, 6) is 1.19. The van der Waals surface area contributed by atoms with Gasteiger partial charge in [-0.2, -0.15) is 12.6 Å². The molecular weight excluding hydrogens is 424 g/mol. The number of nitrogens with zero attached hydrogens (tertiary/aromatic N) is 4. The van der Waals surface area contributed by atoms with Gasteiger partial charge in [-0.25, -0.2) is 23.7 Å². The number of hydrogen-bond donors (Lipinski definition) is 4. The van der Waals surface area contributed by atoms with Gasteiger partial charge in [-0.3, -0.25) is 5.41 Å². The highest BCUT2D eigenvalue weighted by Gasteiger charge is 2.38. The van der Waals surface area contributed by atoms with Crippen molar-refractivity contribution in [1.82, 2.24) is 25.3 Å². The largest absolute Gasteiger partial charge is 0.370 e. The molecule has 8 nitrogen and oxygen atoms in total. The monoisotopic (exact) mass is 451 g/mol. The van der Waals surface area contributed by atoms with E-state index in [1.165, 1.54) is 12.4 Å². The highest BCUT2D eigenvalue weighted by molar-refractivity contribution is 7.79. The molecule has 2 aromatic rings. The van der Waals surface area contributed by atoms with Crippen LogP contribution in [0.5, 0.6) is 0 Å². The molecule has 4 rings (SSSR count). The van der Waals surface area contributed by atoms with E-state index in [0.29, 0.717) is 23.8 Å². The van der Waals surface area contributed by atoms with Crippen molar-refractivity contribution < 1.29 is 13.5 Å². The summed E-state index contributed by atoms with van der Waals surface area (Å²) in [7, 11) is 0. The zero-order valence-electron chi connectivity index (χ0n) is 17.3. The molecule has 1 unspecified atom stereocenters. The average Bonchev–Trinajstić information content (AvgIpc) is 3.28. The maximum atomic E-state index is 12.4. The summed E-state index contributed by atoms with van der Waals surface area (Å²) in [6.07, 6.45) is 6.49.